The summed E-state index contributed by atoms with van der Waals surface area (Å²) in [4.78, 5) is 32.0. The number of amides is 1. The molecule has 0 bridgehead atoms. The van der Waals surface area contributed by atoms with Gasteiger partial charge in [0.1, 0.15) is 24.7 Å². The van der Waals surface area contributed by atoms with Crippen LogP contribution >= 0.6 is 0 Å². The van der Waals surface area contributed by atoms with E-state index in [0.717, 1.165) is 23.4 Å². The van der Waals surface area contributed by atoms with Gasteiger partial charge in [0.15, 0.2) is 19.8 Å². The zero-order valence-corrected chi connectivity index (χ0v) is 19.4. The summed E-state index contributed by atoms with van der Waals surface area (Å²) >= 11 is 0. The standard InChI is InChI=1S/C22H31N3O4Si/c1-15-24-17(8-9-22(2,3)30(4,5)27)13-18(25-15)21(26)23-14-16-6-7-19-20(12-16)29-11-10-28-19/h6-7,12-13,27H,8-11,14H2,1-5H3,(H,23,26). The molecule has 7 nitrogen and oxygen atoms in total. The molecule has 0 spiro atoms. The minimum atomic E-state index is -2.29. The normalized spacial score (nSPS) is 13.8. The van der Waals surface area contributed by atoms with Crippen molar-refractivity contribution in [2.24, 2.45) is 0 Å². The predicted molar refractivity (Wildman–Crippen MR) is 117 cm³/mol. The second kappa shape index (κ2) is 8.73. The second-order valence-corrected chi connectivity index (χ2v) is 13.4. The van der Waals surface area contributed by atoms with Crippen molar-refractivity contribution in [3.05, 3.63) is 47.0 Å². The fourth-order valence-corrected chi connectivity index (χ4v) is 3.83. The van der Waals surface area contributed by atoms with Crippen molar-refractivity contribution in [2.75, 3.05) is 13.2 Å². The second-order valence-electron chi connectivity index (χ2n) is 8.90. The van der Waals surface area contributed by atoms with Gasteiger partial charge < -0.3 is 19.6 Å². The van der Waals surface area contributed by atoms with Crippen LogP contribution in [-0.4, -0.2) is 42.2 Å². The Labute approximate surface area is 179 Å². The summed E-state index contributed by atoms with van der Waals surface area (Å²) in [5.41, 5.74) is 2.10. The van der Waals surface area contributed by atoms with Crippen LogP contribution < -0.4 is 14.8 Å². The fraction of sp³-hybridized carbons (Fsp3) is 0.500. The van der Waals surface area contributed by atoms with E-state index in [9.17, 15) is 9.59 Å². The Hall–Kier alpha value is -2.45. The lowest BCUT2D eigenvalue weighted by atomic mass is 10.0. The highest BCUT2D eigenvalue weighted by Crippen LogP contribution is 2.39. The summed E-state index contributed by atoms with van der Waals surface area (Å²) < 4.78 is 11.1. The molecule has 0 saturated carbocycles. The summed E-state index contributed by atoms with van der Waals surface area (Å²) in [5.74, 6) is 1.75. The molecule has 162 valence electrons. The first-order valence-electron chi connectivity index (χ1n) is 10.3. The van der Waals surface area contributed by atoms with Crippen LogP contribution in [0.25, 0.3) is 0 Å². The topological polar surface area (TPSA) is 93.6 Å². The van der Waals surface area contributed by atoms with Crippen LogP contribution in [0, 0.1) is 6.92 Å². The van der Waals surface area contributed by atoms with Gasteiger partial charge in [0.2, 0.25) is 0 Å². The monoisotopic (exact) mass is 429 g/mol. The third kappa shape index (κ3) is 5.37. The van der Waals surface area contributed by atoms with Gasteiger partial charge in [-0.2, -0.15) is 0 Å². The highest BCUT2D eigenvalue weighted by atomic mass is 28.4. The molecule has 0 aliphatic carbocycles. The minimum absolute atomic E-state index is 0.146. The van der Waals surface area contributed by atoms with E-state index >= 15 is 0 Å². The lowest BCUT2D eigenvalue weighted by Crippen LogP contribution is -2.39. The number of hydrogen-bond acceptors (Lipinski definition) is 6. The van der Waals surface area contributed by atoms with Crippen LogP contribution in [-0.2, 0) is 13.0 Å². The first-order chi connectivity index (χ1) is 14.0. The van der Waals surface area contributed by atoms with Gasteiger partial charge in [-0.3, -0.25) is 4.79 Å². The SMILES string of the molecule is Cc1nc(CCC(C)(C)[Si](C)(C)O)cc(C(=O)NCc2ccc3c(c2)OCCO3)n1. The van der Waals surface area contributed by atoms with Gasteiger partial charge in [-0.15, -0.1) is 0 Å². The lowest BCUT2D eigenvalue weighted by molar-refractivity contribution is 0.0945. The number of aromatic nitrogens is 2. The number of nitrogens with one attached hydrogen (secondary N) is 1. The number of hydrogen-bond donors (Lipinski definition) is 2. The Morgan fingerprint density at radius 3 is 2.57 bits per heavy atom. The molecule has 0 saturated heterocycles. The maximum Gasteiger partial charge on any atom is 0.270 e. The number of carbonyl (C=O) groups is 1. The van der Waals surface area contributed by atoms with Crippen molar-refractivity contribution in [3.8, 4) is 11.5 Å². The maximum atomic E-state index is 12.7. The lowest BCUT2D eigenvalue weighted by Gasteiger charge is -2.35. The summed E-state index contributed by atoms with van der Waals surface area (Å²) in [6.07, 6.45) is 1.49. The van der Waals surface area contributed by atoms with Crippen molar-refractivity contribution >= 4 is 14.2 Å². The van der Waals surface area contributed by atoms with Gasteiger partial charge >= 0.3 is 0 Å². The van der Waals surface area contributed by atoms with Crippen LogP contribution in [0.5, 0.6) is 11.5 Å². The van der Waals surface area contributed by atoms with Crippen molar-refractivity contribution in [1.29, 1.82) is 0 Å². The number of fused-ring (bicyclic) bond motifs is 1. The molecule has 2 N–H and O–H groups in total. The van der Waals surface area contributed by atoms with Gasteiger partial charge in [-0.1, -0.05) is 19.9 Å². The first kappa shape index (κ1) is 22.2. The van der Waals surface area contributed by atoms with Gasteiger partial charge in [-0.25, -0.2) is 9.97 Å². The Balaban J connectivity index is 1.65. The number of benzene rings is 1. The van der Waals surface area contributed by atoms with Crippen LogP contribution in [0.1, 0.15) is 47.8 Å². The molecule has 0 radical (unpaired) electrons. The molecular formula is C22H31N3O4Si. The summed E-state index contributed by atoms with van der Waals surface area (Å²) in [5, 5.41) is 2.77. The molecule has 8 heteroatoms. The van der Waals surface area contributed by atoms with E-state index in [4.69, 9.17) is 9.47 Å². The van der Waals surface area contributed by atoms with Crippen molar-refractivity contribution in [1.82, 2.24) is 15.3 Å². The zero-order chi connectivity index (χ0) is 21.9. The van der Waals surface area contributed by atoms with Crippen molar-refractivity contribution in [3.63, 3.8) is 0 Å². The minimum Gasteiger partial charge on any atom is -0.486 e. The van der Waals surface area contributed by atoms with E-state index in [2.05, 4.69) is 29.1 Å². The molecule has 1 aliphatic heterocycles. The average molecular weight is 430 g/mol. The molecule has 1 amide bonds. The molecule has 1 aromatic carbocycles. The number of nitrogens with zero attached hydrogens (tertiary/aromatic N) is 2. The molecule has 0 unspecified atom stereocenters. The predicted octanol–water partition coefficient (Wildman–Crippen LogP) is 3.40. The van der Waals surface area contributed by atoms with E-state index in [1.54, 1.807) is 13.0 Å². The van der Waals surface area contributed by atoms with Gasteiger partial charge in [-0.05, 0) is 61.7 Å². The molecule has 0 atom stereocenters. The van der Waals surface area contributed by atoms with E-state index in [-0.39, 0.29) is 10.9 Å². The quantitative estimate of drug-likeness (QED) is 0.655. The Kier molecular flexibility index (Phi) is 6.47. The van der Waals surface area contributed by atoms with E-state index in [0.29, 0.717) is 43.4 Å². The smallest absolute Gasteiger partial charge is 0.270 e. The third-order valence-corrected chi connectivity index (χ3v) is 9.41. The molecule has 0 fully saturated rings. The van der Waals surface area contributed by atoms with Gasteiger partial charge in [0.05, 0.1) is 0 Å². The molecule has 3 rings (SSSR count). The van der Waals surface area contributed by atoms with Crippen molar-refractivity contribution < 1.29 is 19.1 Å². The van der Waals surface area contributed by atoms with Gasteiger partial charge in [0.25, 0.3) is 5.91 Å². The average Bonchev–Trinajstić information content (AvgIpc) is 2.69. The Morgan fingerprint density at radius 2 is 1.87 bits per heavy atom. The number of aryl methyl sites for hydroxylation is 2. The highest BCUT2D eigenvalue weighted by Gasteiger charge is 2.37. The number of rotatable bonds is 7. The van der Waals surface area contributed by atoms with Gasteiger partial charge in [0, 0.05) is 12.2 Å². The molecular weight excluding hydrogens is 398 g/mol. The summed E-state index contributed by atoms with van der Waals surface area (Å²) in [6, 6.07) is 7.39. The highest BCUT2D eigenvalue weighted by molar-refractivity contribution is 6.72. The summed E-state index contributed by atoms with van der Waals surface area (Å²) in [6.45, 7) is 11.3. The van der Waals surface area contributed by atoms with Crippen LogP contribution in [0.4, 0.5) is 0 Å². The number of ether oxygens (including phenoxy) is 2. The molecule has 2 aromatic rings. The zero-order valence-electron chi connectivity index (χ0n) is 18.4. The van der Waals surface area contributed by atoms with E-state index in [1.807, 2.05) is 31.3 Å². The largest absolute Gasteiger partial charge is 0.486 e. The molecule has 1 aromatic heterocycles. The number of carbonyl (C=O) groups excluding carboxylic acids is 1. The first-order valence-corrected chi connectivity index (χ1v) is 13.2. The van der Waals surface area contributed by atoms with Crippen LogP contribution in [0.2, 0.25) is 18.1 Å². The third-order valence-electron chi connectivity index (χ3n) is 5.85. The Bertz CT molecular complexity index is 925. The fourth-order valence-electron chi connectivity index (χ4n) is 3.09. The van der Waals surface area contributed by atoms with E-state index in [1.165, 1.54) is 0 Å². The maximum absolute atomic E-state index is 12.7. The summed E-state index contributed by atoms with van der Waals surface area (Å²) in [7, 11) is -2.29. The molecule has 2 heterocycles. The molecule has 1 aliphatic rings. The van der Waals surface area contributed by atoms with E-state index < -0.39 is 8.32 Å². The van der Waals surface area contributed by atoms with Crippen LogP contribution in [0.3, 0.4) is 0 Å². The van der Waals surface area contributed by atoms with Crippen LogP contribution in [0.15, 0.2) is 24.3 Å². The molecule has 30 heavy (non-hydrogen) atoms. The Morgan fingerprint density at radius 1 is 1.17 bits per heavy atom. The van der Waals surface area contributed by atoms with Crippen molar-refractivity contribution in [2.45, 2.75) is 58.3 Å².